The molecule has 1 N–H and O–H groups in total. The van der Waals surface area contributed by atoms with Gasteiger partial charge in [-0.3, -0.25) is 4.98 Å². The van der Waals surface area contributed by atoms with Crippen LogP contribution in [0.5, 0.6) is 0 Å². The fourth-order valence-electron chi connectivity index (χ4n) is 2.34. The second-order valence-electron chi connectivity index (χ2n) is 5.15. The van der Waals surface area contributed by atoms with E-state index in [1.807, 2.05) is 61.5 Å². The molecule has 0 bridgehead atoms. The van der Waals surface area contributed by atoms with Crippen LogP contribution in [-0.2, 0) is 5.60 Å². The first-order valence-corrected chi connectivity index (χ1v) is 6.56. The van der Waals surface area contributed by atoms with E-state index >= 15 is 0 Å². The molecule has 1 unspecified atom stereocenters. The normalized spacial score (nSPS) is 14.0. The SMILES string of the molecule is C=C(CN(C)C)C(O)(c1ccccc1)c1ccncc1. The number of nitrogens with zero attached hydrogens (tertiary/aromatic N) is 2. The van der Waals surface area contributed by atoms with Crippen molar-refractivity contribution >= 4 is 0 Å². The number of aromatic nitrogens is 1. The van der Waals surface area contributed by atoms with Crippen molar-refractivity contribution in [3.63, 3.8) is 0 Å². The molecule has 0 fully saturated rings. The Labute approximate surface area is 120 Å². The van der Waals surface area contributed by atoms with E-state index in [0.29, 0.717) is 6.54 Å². The molecule has 0 aliphatic carbocycles. The van der Waals surface area contributed by atoms with Crippen LogP contribution in [-0.4, -0.2) is 35.6 Å². The number of likely N-dealkylation sites (N-methyl/N-ethyl adjacent to an activating group) is 1. The van der Waals surface area contributed by atoms with E-state index in [2.05, 4.69) is 11.6 Å². The maximum Gasteiger partial charge on any atom is 0.137 e. The van der Waals surface area contributed by atoms with Crippen molar-refractivity contribution in [1.82, 2.24) is 9.88 Å². The predicted molar refractivity (Wildman–Crippen MR) is 81.4 cm³/mol. The Kier molecular flexibility index (Phi) is 4.32. The van der Waals surface area contributed by atoms with Crippen LogP contribution in [0.3, 0.4) is 0 Å². The van der Waals surface area contributed by atoms with Crippen LogP contribution in [0.1, 0.15) is 11.1 Å². The van der Waals surface area contributed by atoms with Gasteiger partial charge >= 0.3 is 0 Å². The van der Waals surface area contributed by atoms with Crippen LogP contribution in [0, 0.1) is 0 Å². The molecule has 0 saturated carbocycles. The Hall–Kier alpha value is -1.97. The molecule has 1 aromatic heterocycles. The van der Waals surface area contributed by atoms with Gasteiger partial charge < -0.3 is 10.0 Å². The molecule has 0 aliphatic heterocycles. The van der Waals surface area contributed by atoms with E-state index in [4.69, 9.17) is 0 Å². The third-order valence-electron chi connectivity index (χ3n) is 3.31. The zero-order valence-corrected chi connectivity index (χ0v) is 12.0. The molecule has 2 aromatic rings. The number of rotatable bonds is 5. The minimum Gasteiger partial charge on any atom is -0.376 e. The smallest absolute Gasteiger partial charge is 0.137 e. The van der Waals surface area contributed by atoms with Gasteiger partial charge in [-0.1, -0.05) is 36.9 Å². The number of hydrogen-bond acceptors (Lipinski definition) is 3. The van der Waals surface area contributed by atoms with Gasteiger partial charge in [0.1, 0.15) is 5.60 Å². The van der Waals surface area contributed by atoms with E-state index in [1.165, 1.54) is 0 Å². The second kappa shape index (κ2) is 5.99. The third kappa shape index (κ3) is 2.79. The fraction of sp³-hybridized carbons (Fsp3) is 0.235. The molecule has 0 amide bonds. The lowest BCUT2D eigenvalue weighted by atomic mass is 9.81. The molecular weight excluding hydrogens is 248 g/mol. The summed E-state index contributed by atoms with van der Waals surface area (Å²) < 4.78 is 0. The summed E-state index contributed by atoms with van der Waals surface area (Å²) in [5.41, 5.74) is 1.14. The lowest BCUT2D eigenvalue weighted by Gasteiger charge is -2.33. The summed E-state index contributed by atoms with van der Waals surface area (Å²) in [5, 5.41) is 11.3. The Balaban J connectivity index is 2.52. The molecule has 104 valence electrons. The lowest BCUT2D eigenvalue weighted by Crippen LogP contribution is -2.34. The summed E-state index contributed by atoms with van der Waals surface area (Å²) in [5.74, 6) is 0. The number of aliphatic hydroxyl groups is 1. The molecule has 0 radical (unpaired) electrons. The van der Waals surface area contributed by atoms with Gasteiger partial charge in [-0.2, -0.15) is 0 Å². The van der Waals surface area contributed by atoms with Crippen molar-refractivity contribution in [3.05, 3.63) is 78.1 Å². The van der Waals surface area contributed by atoms with Crippen LogP contribution >= 0.6 is 0 Å². The van der Waals surface area contributed by atoms with Crippen molar-refractivity contribution < 1.29 is 5.11 Å². The molecule has 1 heterocycles. The molecule has 0 spiro atoms. The van der Waals surface area contributed by atoms with E-state index in [9.17, 15) is 5.11 Å². The van der Waals surface area contributed by atoms with E-state index in [1.54, 1.807) is 12.4 Å². The average molecular weight is 268 g/mol. The number of benzene rings is 1. The molecule has 3 heteroatoms. The van der Waals surface area contributed by atoms with Crippen molar-refractivity contribution in [2.75, 3.05) is 20.6 Å². The molecule has 0 aliphatic rings. The Morgan fingerprint density at radius 1 is 1.10 bits per heavy atom. The summed E-state index contributed by atoms with van der Waals surface area (Å²) in [6, 6.07) is 13.3. The monoisotopic (exact) mass is 268 g/mol. The molecule has 20 heavy (non-hydrogen) atoms. The molecule has 3 nitrogen and oxygen atoms in total. The Morgan fingerprint density at radius 2 is 1.65 bits per heavy atom. The highest BCUT2D eigenvalue weighted by Gasteiger charge is 2.34. The first-order valence-electron chi connectivity index (χ1n) is 6.56. The zero-order chi connectivity index (χ0) is 14.6. The molecule has 2 rings (SSSR count). The summed E-state index contributed by atoms with van der Waals surface area (Å²) >= 11 is 0. The maximum atomic E-state index is 11.3. The standard InChI is InChI=1S/C17H20N2O/c1-14(13-19(2)3)17(20,15-7-5-4-6-8-15)16-9-11-18-12-10-16/h4-12,20H,1,13H2,2-3H3. The molecular formula is C17H20N2O. The highest BCUT2D eigenvalue weighted by molar-refractivity contribution is 5.43. The maximum absolute atomic E-state index is 11.3. The highest BCUT2D eigenvalue weighted by Crippen LogP contribution is 2.35. The lowest BCUT2D eigenvalue weighted by molar-refractivity contribution is 0.113. The van der Waals surface area contributed by atoms with Gasteiger partial charge in [0.15, 0.2) is 0 Å². The minimum absolute atomic E-state index is 0.605. The van der Waals surface area contributed by atoms with Gasteiger partial charge in [0, 0.05) is 18.9 Å². The van der Waals surface area contributed by atoms with Crippen LogP contribution in [0.15, 0.2) is 67.0 Å². The first-order chi connectivity index (χ1) is 9.55. The van der Waals surface area contributed by atoms with Gasteiger partial charge in [-0.25, -0.2) is 0 Å². The van der Waals surface area contributed by atoms with E-state index in [0.717, 1.165) is 16.7 Å². The number of pyridine rings is 1. The Morgan fingerprint density at radius 3 is 2.20 bits per heavy atom. The summed E-state index contributed by atoms with van der Waals surface area (Å²) in [6.07, 6.45) is 3.37. The van der Waals surface area contributed by atoms with Gasteiger partial charge in [0.2, 0.25) is 0 Å². The number of hydrogen-bond donors (Lipinski definition) is 1. The van der Waals surface area contributed by atoms with Crippen LogP contribution in [0.25, 0.3) is 0 Å². The minimum atomic E-state index is -1.20. The second-order valence-corrected chi connectivity index (χ2v) is 5.15. The summed E-state index contributed by atoms with van der Waals surface area (Å²) in [7, 11) is 3.92. The van der Waals surface area contributed by atoms with Crippen molar-refractivity contribution in [3.8, 4) is 0 Å². The molecule has 1 aromatic carbocycles. The predicted octanol–water partition coefficient (Wildman–Crippen LogP) is 2.44. The molecule has 0 saturated heterocycles. The Bertz CT molecular complexity index is 525. The molecule has 1 atom stereocenters. The van der Waals surface area contributed by atoms with E-state index in [-0.39, 0.29) is 0 Å². The topological polar surface area (TPSA) is 36.4 Å². The van der Waals surface area contributed by atoms with Gasteiger partial charge in [0.25, 0.3) is 0 Å². The first kappa shape index (κ1) is 14.4. The van der Waals surface area contributed by atoms with Crippen molar-refractivity contribution in [2.24, 2.45) is 0 Å². The largest absolute Gasteiger partial charge is 0.376 e. The van der Waals surface area contributed by atoms with Gasteiger partial charge in [-0.05, 0) is 42.9 Å². The highest BCUT2D eigenvalue weighted by atomic mass is 16.3. The van der Waals surface area contributed by atoms with Crippen LogP contribution < -0.4 is 0 Å². The van der Waals surface area contributed by atoms with Crippen LogP contribution in [0.4, 0.5) is 0 Å². The van der Waals surface area contributed by atoms with Gasteiger partial charge in [-0.15, -0.1) is 0 Å². The van der Waals surface area contributed by atoms with Gasteiger partial charge in [0.05, 0.1) is 0 Å². The quantitative estimate of drug-likeness (QED) is 0.846. The van der Waals surface area contributed by atoms with E-state index < -0.39 is 5.60 Å². The van der Waals surface area contributed by atoms with Crippen LogP contribution in [0.2, 0.25) is 0 Å². The van der Waals surface area contributed by atoms with Crippen molar-refractivity contribution in [1.29, 1.82) is 0 Å². The summed E-state index contributed by atoms with van der Waals surface area (Å²) in [4.78, 5) is 6.02. The zero-order valence-electron chi connectivity index (χ0n) is 12.0. The van der Waals surface area contributed by atoms with Crippen molar-refractivity contribution in [2.45, 2.75) is 5.60 Å². The fourth-order valence-corrected chi connectivity index (χ4v) is 2.34. The third-order valence-corrected chi connectivity index (χ3v) is 3.31. The summed E-state index contributed by atoms with van der Waals surface area (Å²) in [6.45, 7) is 4.71. The average Bonchev–Trinajstić information content (AvgIpc) is 2.47.